The van der Waals surface area contributed by atoms with Gasteiger partial charge in [0, 0.05) is 17.0 Å². The summed E-state index contributed by atoms with van der Waals surface area (Å²) >= 11 is 0. The summed E-state index contributed by atoms with van der Waals surface area (Å²) < 4.78 is 5.39. The maximum Gasteiger partial charge on any atom is 0.150 e. The fourth-order valence-corrected chi connectivity index (χ4v) is 4.65. The Bertz CT molecular complexity index is 1280. The van der Waals surface area contributed by atoms with Gasteiger partial charge in [-0.05, 0) is 84.5 Å². The highest BCUT2D eigenvalue weighted by Crippen LogP contribution is 2.34. The van der Waals surface area contributed by atoms with Gasteiger partial charge in [0.1, 0.15) is 11.3 Å². The number of fused-ring (bicyclic) bond motifs is 3. The zero-order valence-electron chi connectivity index (χ0n) is 19.0. The largest absolute Gasteiger partial charge is 0.497 e. The number of aromatic nitrogens is 2. The molecule has 2 aromatic heterocycles. The number of nitrogens with zero attached hydrogens (tertiary/aromatic N) is 2. The number of rotatable bonds is 8. The molecule has 0 amide bonds. The van der Waals surface area contributed by atoms with Crippen molar-refractivity contribution < 1.29 is 4.74 Å². The lowest BCUT2D eigenvalue weighted by molar-refractivity contribution is 0.414. The van der Waals surface area contributed by atoms with Gasteiger partial charge in [0.2, 0.25) is 0 Å². The van der Waals surface area contributed by atoms with Crippen LogP contribution in [-0.4, -0.2) is 17.1 Å². The minimum Gasteiger partial charge on any atom is -0.497 e. The zero-order chi connectivity index (χ0) is 22.1. The van der Waals surface area contributed by atoms with Gasteiger partial charge in [0.05, 0.1) is 12.6 Å². The Labute approximate surface area is 189 Å². The van der Waals surface area contributed by atoms with Gasteiger partial charge in [-0.25, -0.2) is 4.98 Å². The van der Waals surface area contributed by atoms with E-state index in [9.17, 15) is 0 Å². The van der Waals surface area contributed by atoms with E-state index in [1.54, 1.807) is 7.11 Å². The number of anilines is 1. The third kappa shape index (κ3) is 4.27. The third-order valence-corrected chi connectivity index (χ3v) is 6.80. The summed E-state index contributed by atoms with van der Waals surface area (Å²) in [4.78, 5) is 9.37. The molecule has 2 N–H and O–H groups in total. The van der Waals surface area contributed by atoms with Crippen molar-refractivity contribution in [3.63, 3.8) is 0 Å². The van der Waals surface area contributed by atoms with Gasteiger partial charge < -0.3 is 10.5 Å². The van der Waals surface area contributed by atoms with E-state index in [4.69, 9.17) is 15.5 Å². The standard InChI is InChI=1S/C28H31N3O/c1-3-21-16-23(32-2)12-11-22(21)10-8-20-14-25-24-13-9-19(7-6-18-4-5-18)15-26(24)31-28(29)27(25)30-17-20/h9,11-18H,3-8,10H2,1-2H3,(H2,29,31). The molecular weight excluding hydrogens is 394 g/mol. The van der Waals surface area contributed by atoms with Crippen molar-refractivity contribution in [2.75, 3.05) is 12.8 Å². The predicted octanol–water partition coefficient (Wildman–Crippen LogP) is 6.06. The van der Waals surface area contributed by atoms with Gasteiger partial charge in [-0.15, -0.1) is 0 Å². The van der Waals surface area contributed by atoms with Gasteiger partial charge >= 0.3 is 0 Å². The summed E-state index contributed by atoms with van der Waals surface area (Å²) in [6, 6.07) is 15.3. The first-order chi connectivity index (χ1) is 15.6. The Kier molecular flexibility index (Phi) is 5.69. The van der Waals surface area contributed by atoms with Crippen LogP contribution in [0.15, 0.2) is 48.7 Å². The van der Waals surface area contributed by atoms with Crippen molar-refractivity contribution in [3.05, 3.63) is 70.9 Å². The molecule has 2 aromatic carbocycles. The molecule has 164 valence electrons. The van der Waals surface area contributed by atoms with E-state index in [0.29, 0.717) is 5.82 Å². The number of benzene rings is 2. The second-order valence-electron chi connectivity index (χ2n) is 9.06. The number of hydrogen-bond donors (Lipinski definition) is 1. The molecule has 32 heavy (non-hydrogen) atoms. The molecular formula is C28H31N3O. The van der Waals surface area contributed by atoms with Crippen LogP contribution in [0, 0.1) is 5.92 Å². The van der Waals surface area contributed by atoms with Crippen LogP contribution in [0.2, 0.25) is 0 Å². The summed E-state index contributed by atoms with van der Waals surface area (Å²) in [7, 11) is 1.72. The molecule has 0 atom stereocenters. The lowest BCUT2D eigenvalue weighted by Crippen LogP contribution is -2.00. The van der Waals surface area contributed by atoms with E-state index < -0.39 is 0 Å². The molecule has 5 rings (SSSR count). The number of ether oxygens (including phenoxy) is 1. The molecule has 0 spiro atoms. The second kappa shape index (κ2) is 8.78. The smallest absolute Gasteiger partial charge is 0.150 e. The fraction of sp³-hybridized carbons (Fsp3) is 0.357. The van der Waals surface area contributed by atoms with E-state index in [-0.39, 0.29) is 0 Å². The summed E-state index contributed by atoms with van der Waals surface area (Å²) in [5.41, 5.74) is 13.4. The number of nitrogens with two attached hydrogens (primary N) is 1. The van der Waals surface area contributed by atoms with E-state index >= 15 is 0 Å². The second-order valence-corrected chi connectivity index (χ2v) is 9.06. The Hall–Kier alpha value is -3.14. The molecule has 0 radical (unpaired) electrons. The molecule has 1 saturated carbocycles. The van der Waals surface area contributed by atoms with Crippen LogP contribution in [-0.2, 0) is 25.7 Å². The van der Waals surface area contributed by atoms with Gasteiger partial charge in [-0.1, -0.05) is 38.0 Å². The SMILES string of the molecule is CCc1cc(OC)ccc1CCc1cnc2c(N)nc3cc(CCC4CC4)ccc3c2c1. The van der Waals surface area contributed by atoms with Crippen LogP contribution in [0.4, 0.5) is 5.82 Å². The monoisotopic (exact) mass is 425 g/mol. The highest BCUT2D eigenvalue weighted by atomic mass is 16.5. The van der Waals surface area contributed by atoms with Crippen LogP contribution in [0.25, 0.3) is 21.8 Å². The maximum atomic E-state index is 6.30. The molecule has 2 heterocycles. The maximum absolute atomic E-state index is 6.30. The summed E-state index contributed by atoms with van der Waals surface area (Å²) in [6.45, 7) is 2.19. The van der Waals surface area contributed by atoms with Crippen molar-refractivity contribution >= 4 is 27.6 Å². The predicted molar refractivity (Wildman–Crippen MR) is 132 cm³/mol. The van der Waals surface area contributed by atoms with Crippen LogP contribution in [0.1, 0.15) is 48.4 Å². The van der Waals surface area contributed by atoms with Crippen LogP contribution < -0.4 is 10.5 Å². The summed E-state index contributed by atoms with van der Waals surface area (Å²) in [5.74, 6) is 2.37. The molecule has 4 heteroatoms. The van der Waals surface area contributed by atoms with Crippen molar-refractivity contribution in [2.24, 2.45) is 5.92 Å². The molecule has 4 aromatic rings. The van der Waals surface area contributed by atoms with Crippen molar-refractivity contribution in [3.8, 4) is 5.75 Å². The molecule has 0 unspecified atom stereocenters. The zero-order valence-corrected chi connectivity index (χ0v) is 19.0. The number of hydrogen-bond acceptors (Lipinski definition) is 4. The van der Waals surface area contributed by atoms with Crippen LogP contribution >= 0.6 is 0 Å². The lowest BCUT2D eigenvalue weighted by Gasteiger charge is -2.12. The van der Waals surface area contributed by atoms with Crippen molar-refractivity contribution in [2.45, 2.75) is 51.9 Å². The van der Waals surface area contributed by atoms with E-state index in [0.717, 1.165) is 59.2 Å². The molecule has 1 aliphatic carbocycles. The highest BCUT2D eigenvalue weighted by molar-refractivity contribution is 6.08. The van der Waals surface area contributed by atoms with E-state index in [1.165, 1.54) is 41.5 Å². The average molecular weight is 426 g/mol. The minimum absolute atomic E-state index is 0.516. The number of nitrogen functional groups attached to an aromatic ring is 1. The Balaban J connectivity index is 1.43. The Morgan fingerprint density at radius 2 is 1.81 bits per heavy atom. The van der Waals surface area contributed by atoms with E-state index in [2.05, 4.69) is 48.3 Å². The van der Waals surface area contributed by atoms with Crippen molar-refractivity contribution in [1.29, 1.82) is 0 Å². The first-order valence-electron chi connectivity index (χ1n) is 11.8. The fourth-order valence-electron chi connectivity index (χ4n) is 4.65. The van der Waals surface area contributed by atoms with Crippen molar-refractivity contribution in [1.82, 2.24) is 9.97 Å². The molecule has 0 bridgehead atoms. The Morgan fingerprint density at radius 3 is 2.59 bits per heavy atom. The average Bonchev–Trinajstić information content (AvgIpc) is 3.65. The topological polar surface area (TPSA) is 61.0 Å². The number of methoxy groups -OCH3 is 1. The van der Waals surface area contributed by atoms with Gasteiger partial charge in [0.15, 0.2) is 5.82 Å². The lowest BCUT2D eigenvalue weighted by atomic mass is 9.97. The number of aryl methyl sites for hydroxylation is 4. The Morgan fingerprint density at radius 1 is 0.938 bits per heavy atom. The summed E-state index contributed by atoms with van der Waals surface area (Å²) in [5, 5.41) is 2.24. The minimum atomic E-state index is 0.516. The first-order valence-corrected chi connectivity index (χ1v) is 11.8. The third-order valence-electron chi connectivity index (χ3n) is 6.80. The van der Waals surface area contributed by atoms with Gasteiger partial charge in [0.25, 0.3) is 0 Å². The quantitative estimate of drug-likeness (QED) is 0.348. The normalized spacial score (nSPS) is 13.7. The van der Waals surface area contributed by atoms with Gasteiger partial charge in [-0.3, -0.25) is 4.98 Å². The molecule has 0 saturated heterocycles. The van der Waals surface area contributed by atoms with Crippen LogP contribution in [0.5, 0.6) is 5.75 Å². The van der Waals surface area contributed by atoms with Gasteiger partial charge in [-0.2, -0.15) is 0 Å². The molecule has 4 nitrogen and oxygen atoms in total. The molecule has 1 fully saturated rings. The van der Waals surface area contributed by atoms with E-state index in [1.807, 2.05) is 12.3 Å². The highest BCUT2D eigenvalue weighted by Gasteiger charge is 2.20. The molecule has 1 aliphatic rings. The van der Waals surface area contributed by atoms with Crippen LogP contribution in [0.3, 0.4) is 0 Å². The molecule has 0 aliphatic heterocycles. The number of pyridine rings is 2. The first kappa shape index (κ1) is 20.7. The summed E-state index contributed by atoms with van der Waals surface area (Å²) in [6.07, 6.45) is 10.1.